The molecule has 2 rings (SSSR count). The van der Waals surface area contributed by atoms with Crippen LogP contribution in [0.4, 0.5) is 5.69 Å². The first kappa shape index (κ1) is 15.7. The van der Waals surface area contributed by atoms with Crippen LogP contribution in [0.3, 0.4) is 0 Å². The molecule has 0 amide bonds. The van der Waals surface area contributed by atoms with Crippen LogP contribution in [0, 0.1) is 6.92 Å². The van der Waals surface area contributed by atoms with Crippen LogP contribution >= 0.6 is 15.9 Å². The molecule has 0 unspecified atom stereocenters. The fourth-order valence-corrected chi connectivity index (χ4v) is 2.46. The van der Waals surface area contributed by atoms with Crippen molar-refractivity contribution in [3.63, 3.8) is 0 Å². The molecule has 0 radical (unpaired) electrons. The molecule has 0 bridgehead atoms. The van der Waals surface area contributed by atoms with E-state index in [-0.39, 0.29) is 0 Å². The minimum atomic E-state index is 0.622. The molecule has 3 nitrogen and oxygen atoms in total. The molecule has 0 aromatic heterocycles. The molecular weight excluding hydrogens is 330 g/mol. The summed E-state index contributed by atoms with van der Waals surface area (Å²) in [5, 5.41) is 3.43. The van der Waals surface area contributed by atoms with Crippen LogP contribution in [-0.4, -0.2) is 13.7 Å². The molecular formula is C17H20BrNO2. The van der Waals surface area contributed by atoms with E-state index >= 15 is 0 Å². The molecule has 2 aromatic carbocycles. The monoisotopic (exact) mass is 349 g/mol. The van der Waals surface area contributed by atoms with Gasteiger partial charge in [-0.1, -0.05) is 12.1 Å². The Morgan fingerprint density at radius 2 is 1.90 bits per heavy atom. The molecule has 0 atom stereocenters. The summed E-state index contributed by atoms with van der Waals surface area (Å²) in [6.45, 7) is 5.40. The zero-order valence-electron chi connectivity index (χ0n) is 12.6. The highest BCUT2D eigenvalue weighted by atomic mass is 79.9. The first-order valence-corrected chi connectivity index (χ1v) is 7.73. The van der Waals surface area contributed by atoms with Crippen LogP contribution in [0.5, 0.6) is 11.5 Å². The first-order valence-electron chi connectivity index (χ1n) is 6.93. The number of rotatable bonds is 6. The maximum atomic E-state index is 5.60. The number of nitrogens with one attached hydrogen (secondary N) is 1. The first-order chi connectivity index (χ1) is 10.1. The van der Waals surface area contributed by atoms with E-state index in [1.54, 1.807) is 7.11 Å². The maximum Gasteiger partial charge on any atom is 0.161 e. The molecule has 0 aliphatic heterocycles. The number of ether oxygens (including phenoxy) is 2. The lowest BCUT2D eigenvalue weighted by atomic mass is 10.2. The Morgan fingerprint density at radius 3 is 2.62 bits per heavy atom. The minimum Gasteiger partial charge on any atom is -0.493 e. The third-order valence-electron chi connectivity index (χ3n) is 3.13. The zero-order valence-corrected chi connectivity index (χ0v) is 14.2. The normalized spacial score (nSPS) is 10.3. The van der Waals surface area contributed by atoms with Crippen LogP contribution in [0.1, 0.15) is 18.1 Å². The largest absolute Gasteiger partial charge is 0.493 e. The van der Waals surface area contributed by atoms with Gasteiger partial charge in [-0.2, -0.15) is 0 Å². The van der Waals surface area contributed by atoms with Crippen molar-refractivity contribution in [3.8, 4) is 11.5 Å². The third-order valence-corrected chi connectivity index (χ3v) is 3.82. The summed E-state index contributed by atoms with van der Waals surface area (Å²) >= 11 is 3.56. The van der Waals surface area contributed by atoms with Crippen molar-refractivity contribution in [1.82, 2.24) is 0 Å². The lowest BCUT2D eigenvalue weighted by Crippen LogP contribution is -2.02. The minimum absolute atomic E-state index is 0.622. The van der Waals surface area contributed by atoms with Gasteiger partial charge in [-0.25, -0.2) is 0 Å². The van der Waals surface area contributed by atoms with Gasteiger partial charge in [0.05, 0.1) is 13.7 Å². The van der Waals surface area contributed by atoms with Gasteiger partial charge in [0.15, 0.2) is 11.5 Å². The van der Waals surface area contributed by atoms with E-state index in [4.69, 9.17) is 9.47 Å². The summed E-state index contributed by atoms with van der Waals surface area (Å²) in [5.41, 5.74) is 3.46. The van der Waals surface area contributed by atoms with Crippen LogP contribution in [-0.2, 0) is 6.54 Å². The third kappa shape index (κ3) is 4.14. The molecule has 0 fully saturated rings. The molecule has 0 aliphatic rings. The van der Waals surface area contributed by atoms with Crippen molar-refractivity contribution in [1.29, 1.82) is 0 Å². The van der Waals surface area contributed by atoms with Crippen LogP contribution in [0.15, 0.2) is 40.9 Å². The van der Waals surface area contributed by atoms with Crippen molar-refractivity contribution in [2.75, 3.05) is 19.0 Å². The predicted octanol–water partition coefficient (Wildman–Crippen LogP) is 4.78. The predicted molar refractivity (Wildman–Crippen MR) is 90.4 cm³/mol. The highest BCUT2D eigenvalue weighted by Crippen LogP contribution is 2.29. The van der Waals surface area contributed by atoms with Crippen LogP contribution in [0.25, 0.3) is 0 Å². The fourth-order valence-electron chi connectivity index (χ4n) is 2.07. The quantitative estimate of drug-likeness (QED) is 0.814. The Hall–Kier alpha value is -1.68. The number of hydrogen-bond acceptors (Lipinski definition) is 3. The number of methoxy groups -OCH3 is 1. The Kier molecular flexibility index (Phi) is 5.51. The molecule has 0 spiro atoms. The average molecular weight is 350 g/mol. The number of halogens is 1. The Labute approximate surface area is 134 Å². The number of anilines is 1. The molecule has 0 saturated carbocycles. The summed E-state index contributed by atoms with van der Waals surface area (Å²) in [5.74, 6) is 1.54. The molecule has 21 heavy (non-hydrogen) atoms. The molecule has 0 aliphatic carbocycles. The molecule has 1 N–H and O–H groups in total. The van der Waals surface area contributed by atoms with E-state index in [0.717, 1.165) is 33.8 Å². The van der Waals surface area contributed by atoms with Gasteiger partial charge in [0.25, 0.3) is 0 Å². The highest BCUT2D eigenvalue weighted by molar-refractivity contribution is 9.10. The fraction of sp³-hybridized carbons (Fsp3) is 0.294. The smallest absolute Gasteiger partial charge is 0.161 e. The van der Waals surface area contributed by atoms with Gasteiger partial charge < -0.3 is 14.8 Å². The maximum absolute atomic E-state index is 5.60. The van der Waals surface area contributed by atoms with Gasteiger partial charge in [-0.3, -0.25) is 0 Å². The lowest BCUT2D eigenvalue weighted by molar-refractivity contribution is 0.310. The van der Waals surface area contributed by atoms with Gasteiger partial charge in [-0.15, -0.1) is 0 Å². The Bertz CT molecular complexity index is 614. The van der Waals surface area contributed by atoms with E-state index < -0.39 is 0 Å². The lowest BCUT2D eigenvalue weighted by Gasteiger charge is -2.13. The van der Waals surface area contributed by atoms with Crippen LogP contribution < -0.4 is 14.8 Å². The van der Waals surface area contributed by atoms with Gasteiger partial charge >= 0.3 is 0 Å². The second-order valence-corrected chi connectivity index (χ2v) is 5.61. The molecule has 0 heterocycles. The van der Waals surface area contributed by atoms with Crippen molar-refractivity contribution >= 4 is 21.6 Å². The summed E-state index contributed by atoms with van der Waals surface area (Å²) in [4.78, 5) is 0. The number of hydrogen-bond donors (Lipinski definition) is 1. The van der Waals surface area contributed by atoms with E-state index in [2.05, 4.69) is 46.4 Å². The van der Waals surface area contributed by atoms with E-state index in [9.17, 15) is 0 Å². The molecule has 4 heteroatoms. The number of aryl methyl sites for hydroxylation is 1. The van der Waals surface area contributed by atoms with E-state index in [1.807, 2.05) is 25.1 Å². The van der Waals surface area contributed by atoms with Crippen molar-refractivity contribution in [3.05, 3.63) is 52.0 Å². The average Bonchev–Trinajstić information content (AvgIpc) is 2.49. The Morgan fingerprint density at radius 1 is 1.10 bits per heavy atom. The van der Waals surface area contributed by atoms with Gasteiger partial charge in [0, 0.05) is 16.7 Å². The van der Waals surface area contributed by atoms with E-state index in [0.29, 0.717) is 6.61 Å². The summed E-state index contributed by atoms with van der Waals surface area (Å²) in [6.07, 6.45) is 0. The second-order valence-electron chi connectivity index (χ2n) is 4.76. The number of benzene rings is 2. The van der Waals surface area contributed by atoms with Crippen molar-refractivity contribution in [2.24, 2.45) is 0 Å². The molecule has 2 aromatic rings. The van der Waals surface area contributed by atoms with Gasteiger partial charge in [0.2, 0.25) is 0 Å². The van der Waals surface area contributed by atoms with Crippen molar-refractivity contribution < 1.29 is 9.47 Å². The SMILES string of the molecule is CCOc1cc(CNc2cc(C)ccc2Br)ccc1OC. The highest BCUT2D eigenvalue weighted by Gasteiger charge is 2.06. The van der Waals surface area contributed by atoms with Crippen LogP contribution in [0.2, 0.25) is 0 Å². The van der Waals surface area contributed by atoms with Crippen molar-refractivity contribution in [2.45, 2.75) is 20.4 Å². The topological polar surface area (TPSA) is 30.5 Å². The summed E-state index contributed by atoms with van der Waals surface area (Å²) < 4.78 is 12.0. The second kappa shape index (κ2) is 7.36. The zero-order chi connectivity index (χ0) is 15.2. The van der Waals surface area contributed by atoms with Gasteiger partial charge in [0.1, 0.15) is 0 Å². The summed E-state index contributed by atoms with van der Waals surface area (Å²) in [6, 6.07) is 12.2. The summed E-state index contributed by atoms with van der Waals surface area (Å²) in [7, 11) is 1.65. The molecule has 112 valence electrons. The van der Waals surface area contributed by atoms with Gasteiger partial charge in [-0.05, 0) is 65.2 Å². The Balaban J connectivity index is 2.12. The molecule has 0 saturated heterocycles. The van der Waals surface area contributed by atoms with E-state index in [1.165, 1.54) is 5.56 Å². The standard InChI is InChI=1S/C17H20BrNO2/c1-4-21-17-10-13(6-8-16(17)20-3)11-19-15-9-12(2)5-7-14(15)18/h5-10,19H,4,11H2,1-3H3.